The number of aliphatic imine (C=N–C) groups is 1. The zero-order valence-corrected chi connectivity index (χ0v) is 10.7. The first-order valence-electron chi connectivity index (χ1n) is 6.44. The zero-order valence-electron chi connectivity index (χ0n) is 10.7. The number of rotatable bonds is 1. The minimum absolute atomic E-state index is 0.283. The molecular weight excluding hydrogens is 254 g/mol. The number of hydrogen-bond acceptors (Lipinski definition) is 5. The lowest BCUT2D eigenvalue weighted by Crippen LogP contribution is -2.25. The van der Waals surface area contributed by atoms with Crippen LogP contribution in [0.2, 0.25) is 0 Å². The number of anilines is 2. The second-order valence-corrected chi connectivity index (χ2v) is 4.64. The average Bonchev–Trinajstić information content (AvgIpc) is 2.95. The maximum Gasteiger partial charge on any atom is 0.231 e. The molecule has 0 amide bonds. The van der Waals surface area contributed by atoms with Crippen LogP contribution in [0, 0.1) is 0 Å². The van der Waals surface area contributed by atoms with Crippen LogP contribution < -0.4 is 20.1 Å². The Morgan fingerprint density at radius 3 is 2.95 bits per heavy atom. The lowest BCUT2D eigenvalue weighted by molar-refractivity contribution is 0.174. The normalized spacial score (nSPS) is 15.1. The van der Waals surface area contributed by atoms with Gasteiger partial charge in [-0.3, -0.25) is 0 Å². The Kier molecular flexibility index (Phi) is 2.48. The summed E-state index contributed by atoms with van der Waals surface area (Å²) in [5, 5.41) is 6.53. The van der Waals surface area contributed by atoms with E-state index in [2.05, 4.69) is 21.7 Å². The quantitative estimate of drug-likeness (QED) is 0.834. The van der Waals surface area contributed by atoms with Gasteiger partial charge in [0.25, 0.3) is 0 Å². The molecule has 0 saturated heterocycles. The maximum atomic E-state index is 5.36. The fraction of sp³-hybridized carbons (Fsp3) is 0.133. The van der Waals surface area contributed by atoms with E-state index in [0.29, 0.717) is 6.54 Å². The Hall–Kier alpha value is -2.69. The summed E-state index contributed by atoms with van der Waals surface area (Å²) in [4.78, 5) is 4.48. The molecule has 2 N–H and O–H groups in total. The van der Waals surface area contributed by atoms with Gasteiger partial charge in [-0.05, 0) is 23.8 Å². The van der Waals surface area contributed by atoms with Crippen molar-refractivity contribution < 1.29 is 9.47 Å². The standard InChI is InChI=1S/C15H13N3O2/c1-2-4-12-10(3-1)8-16-15(18-12)17-11-5-6-13-14(7-11)20-9-19-13/h1-7H,8-9H2,(H2,16,17,18). The second-order valence-electron chi connectivity index (χ2n) is 4.64. The van der Waals surface area contributed by atoms with Crippen LogP contribution in [0.1, 0.15) is 5.56 Å². The van der Waals surface area contributed by atoms with Crippen molar-refractivity contribution in [2.24, 2.45) is 4.99 Å². The number of nitrogens with one attached hydrogen (secondary N) is 2. The van der Waals surface area contributed by atoms with E-state index in [1.807, 2.05) is 36.4 Å². The topological polar surface area (TPSA) is 54.9 Å². The summed E-state index contributed by atoms with van der Waals surface area (Å²) in [6.45, 7) is 0.960. The van der Waals surface area contributed by atoms with Gasteiger partial charge in [-0.2, -0.15) is 0 Å². The van der Waals surface area contributed by atoms with Gasteiger partial charge >= 0.3 is 0 Å². The molecule has 0 bridgehead atoms. The van der Waals surface area contributed by atoms with E-state index in [1.54, 1.807) is 0 Å². The molecule has 5 heteroatoms. The van der Waals surface area contributed by atoms with E-state index in [-0.39, 0.29) is 6.79 Å². The van der Waals surface area contributed by atoms with Gasteiger partial charge in [0.05, 0.1) is 6.54 Å². The highest BCUT2D eigenvalue weighted by molar-refractivity contribution is 6.05. The van der Waals surface area contributed by atoms with E-state index in [9.17, 15) is 0 Å². The van der Waals surface area contributed by atoms with Crippen molar-refractivity contribution in [1.29, 1.82) is 0 Å². The van der Waals surface area contributed by atoms with Crippen molar-refractivity contribution in [3.05, 3.63) is 48.0 Å². The summed E-state index contributed by atoms with van der Waals surface area (Å²) in [7, 11) is 0. The molecule has 5 nitrogen and oxygen atoms in total. The molecule has 0 atom stereocenters. The smallest absolute Gasteiger partial charge is 0.231 e. The summed E-state index contributed by atoms with van der Waals surface area (Å²) in [6, 6.07) is 13.9. The van der Waals surface area contributed by atoms with Gasteiger partial charge < -0.3 is 20.1 Å². The fourth-order valence-corrected chi connectivity index (χ4v) is 2.29. The highest BCUT2D eigenvalue weighted by atomic mass is 16.7. The van der Waals surface area contributed by atoms with Crippen molar-refractivity contribution in [3.8, 4) is 11.5 Å². The summed E-state index contributed by atoms with van der Waals surface area (Å²) in [6.07, 6.45) is 0. The molecule has 4 rings (SSSR count). The molecule has 2 aliphatic heterocycles. The largest absolute Gasteiger partial charge is 0.454 e. The van der Waals surface area contributed by atoms with Gasteiger partial charge in [-0.1, -0.05) is 18.2 Å². The van der Waals surface area contributed by atoms with E-state index >= 15 is 0 Å². The SMILES string of the molecule is c1ccc2c(c1)CN=C(Nc1ccc3c(c1)OCO3)N2. The number of benzene rings is 2. The summed E-state index contributed by atoms with van der Waals surface area (Å²) < 4.78 is 10.7. The first-order chi connectivity index (χ1) is 9.88. The molecular formula is C15H13N3O2. The molecule has 0 aliphatic carbocycles. The molecule has 2 aliphatic rings. The van der Waals surface area contributed by atoms with Gasteiger partial charge in [0.2, 0.25) is 12.8 Å². The Morgan fingerprint density at radius 1 is 1.05 bits per heavy atom. The van der Waals surface area contributed by atoms with Crippen LogP contribution in [0.3, 0.4) is 0 Å². The van der Waals surface area contributed by atoms with E-state index < -0.39 is 0 Å². The summed E-state index contributed by atoms with van der Waals surface area (Å²) >= 11 is 0. The molecule has 2 aromatic rings. The van der Waals surface area contributed by atoms with Crippen LogP contribution in [0.4, 0.5) is 11.4 Å². The Balaban J connectivity index is 1.54. The third kappa shape index (κ3) is 1.93. The number of guanidine groups is 1. The number of nitrogens with zero attached hydrogens (tertiary/aromatic N) is 1. The van der Waals surface area contributed by atoms with Crippen LogP contribution in [0.15, 0.2) is 47.5 Å². The van der Waals surface area contributed by atoms with E-state index in [0.717, 1.165) is 28.8 Å². The van der Waals surface area contributed by atoms with Crippen LogP contribution in [0.25, 0.3) is 0 Å². The molecule has 0 saturated carbocycles. The molecule has 2 aromatic carbocycles. The molecule has 0 fully saturated rings. The molecule has 0 radical (unpaired) electrons. The third-order valence-electron chi connectivity index (χ3n) is 3.31. The minimum atomic E-state index is 0.283. The van der Waals surface area contributed by atoms with Crippen molar-refractivity contribution in [3.63, 3.8) is 0 Å². The molecule has 100 valence electrons. The first kappa shape index (κ1) is 11.2. The van der Waals surface area contributed by atoms with Gasteiger partial charge in [-0.15, -0.1) is 0 Å². The van der Waals surface area contributed by atoms with E-state index in [4.69, 9.17) is 9.47 Å². The zero-order chi connectivity index (χ0) is 13.4. The summed E-state index contributed by atoms with van der Waals surface area (Å²) in [5.74, 6) is 2.27. The number of hydrogen-bond donors (Lipinski definition) is 2. The van der Waals surface area contributed by atoms with Gasteiger partial charge in [0.15, 0.2) is 11.5 Å². The predicted octanol–water partition coefficient (Wildman–Crippen LogP) is 2.81. The van der Waals surface area contributed by atoms with Crippen molar-refractivity contribution in [2.45, 2.75) is 6.54 Å². The Bertz CT molecular complexity index is 697. The predicted molar refractivity (Wildman–Crippen MR) is 77.4 cm³/mol. The van der Waals surface area contributed by atoms with Gasteiger partial charge in [0.1, 0.15) is 0 Å². The van der Waals surface area contributed by atoms with Crippen molar-refractivity contribution >= 4 is 17.3 Å². The maximum absolute atomic E-state index is 5.36. The number of para-hydroxylation sites is 1. The number of fused-ring (bicyclic) bond motifs is 2. The monoisotopic (exact) mass is 267 g/mol. The lowest BCUT2D eigenvalue weighted by Gasteiger charge is -2.19. The highest BCUT2D eigenvalue weighted by Crippen LogP contribution is 2.34. The highest BCUT2D eigenvalue weighted by Gasteiger charge is 2.15. The molecule has 0 unspecified atom stereocenters. The fourth-order valence-electron chi connectivity index (χ4n) is 2.29. The molecule has 2 heterocycles. The second kappa shape index (κ2) is 4.45. The van der Waals surface area contributed by atoms with Crippen LogP contribution in [-0.4, -0.2) is 12.8 Å². The van der Waals surface area contributed by atoms with Crippen molar-refractivity contribution in [1.82, 2.24) is 0 Å². The lowest BCUT2D eigenvalue weighted by atomic mass is 10.1. The molecule has 20 heavy (non-hydrogen) atoms. The van der Waals surface area contributed by atoms with Gasteiger partial charge in [-0.25, -0.2) is 4.99 Å². The average molecular weight is 267 g/mol. The molecule has 0 aromatic heterocycles. The third-order valence-corrected chi connectivity index (χ3v) is 3.31. The van der Waals surface area contributed by atoms with Gasteiger partial charge in [0, 0.05) is 17.4 Å². The Morgan fingerprint density at radius 2 is 1.95 bits per heavy atom. The van der Waals surface area contributed by atoms with Crippen molar-refractivity contribution in [2.75, 3.05) is 17.4 Å². The minimum Gasteiger partial charge on any atom is -0.454 e. The summed E-state index contributed by atoms with van der Waals surface area (Å²) in [5.41, 5.74) is 3.20. The Labute approximate surface area is 116 Å². The van der Waals surface area contributed by atoms with Crippen LogP contribution in [-0.2, 0) is 6.54 Å². The van der Waals surface area contributed by atoms with E-state index in [1.165, 1.54) is 5.56 Å². The number of ether oxygens (including phenoxy) is 2. The van der Waals surface area contributed by atoms with Crippen LogP contribution in [0.5, 0.6) is 11.5 Å². The first-order valence-corrected chi connectivity index (χ1v) is 6.44. The molecule has 0 spiro atoms. The van der Waals surface area contributed by atoms with Crippen LogP contribution >= 0.6 is 0 Å².